The molecule has 3 unspecified atom stereocenters. The summed E-state index contributed by atoms with van der Waals surface area (Å²) < 4.78 is 0. The van der Waals surface area contributed by atoms with E-state index < -0.39 is 0 Å². The molecule has 3 nitrogen and oxygen atoms in total. The predicted molar refractivity (Wildman–Crippen MR) is 52.7 cm³/mol. The molecule has 3 fully saturated rings. The SMILES string of the molecule is CC(O)CCN1CC2CC(C1)N2C. The second kappa shape index (κ2) is 3.56. The number of aliphatic hydroxyl groups is 1. The van der Waals surface area contributed by atoms with Crippen LogP contribution in [0.3, 0.4) is 0 Å². The van der Waals surface area contributed by atoms with Crippen molar-refractivity contribution >= 4 is 0 Å². The topological polar surface area (TPSA) is 26.7 Å². The number of hydrogen-bond acceptors (Lipinski definition) is 3. The molecule has 0 aliphatic carbocycles. The molecule has 76 valence electrons. The van der Waals surface area contributed by atoms with Gasteiger partial charge in [-0.2, -0.15) is 0 Å². The summed E-state index contributed by atoms with van der Waals surface area (Å²) in [4.78, 5) is 4.98. The minimum Gasteiger partial charge on any atom is -0.393 e. The highest BCUT2D eigenvalue weighted by molar-refractivity contribution is 4.98. The smallest absolute Gasteiger partial charge is 0.0524 e. The molecule has 0 saturated carbocycles. The Balaban J connectivity index is 1.73. The number of rotatable bonds is 3. The largest absolute Gasteiger partial charge is 0.393 e. The van der Waals surface area contributed by atoms with E-state index in [2.05, 4.69) is 16.8 Å². The highest BCUT2D eigenvalue weighted by atomic mass is 16.3. The second-order valence-electron chi connectivity index (χ2n) is 4.61. The van der Waals surface area contributed by atoms with E-state index in [1.54, 1.807) is 0 Å². The number of nitrogens with zero attached hydrogens (tertiary/aromatic N) is 2. The average Bonchev–Trinajstić information content (AvgIpc) is 2.14. The van der Waals surface area contributed by atoms with Crippen molar-refractivity contribution in [3.8, 4) is 0 Å². The van der Waals surface area contributed by atoms with Crippen LogP contribution in [0.15, 0.2) is 0 Å². The molecular weight excluding hydrogens is 164 g/mol. The highest BCUT2D eigenvalue weighted by Gasteiger charge is 2.41. The Morgan fingerprint density at radius 3 is 2.46 bits per heavy atom. The molecule has 2 bridgehead atoms. The Bertz CT molecular complexity index is 172. The van der Waals surface area contributed by atoms with E-state index in [9.17, 15) is 5.11 Å². The molecular formula is C10H20N2O. The summed E-state index contributed by atoms with van der Waals surface area (Å²) in [6, 6.07) is 1.60. The van der Waals surface area contributed by atoms with Gasteiger partial charge in [-0.05, 0) is 26.8 Å². The van der Waals surface area contributed by atoms with E-state index in [1.807, 2.05) is 6.92 Å². The van der Waals surface area contributed by atoms with E-state index in [0.717, 1.165) is 25.0 Å². The van der Waals surface area contributed by atoms with Gasteiger partial charge in [0, 0.05) is 31.7 Å². The number of piperazine rings is 1. The van der Waals surface area contributed by atoms with Gasteiger partial charge in [0.1, 0.15) is 0 Å². The lowest BCUT2D eigenvalue weighted by Gasteiger charge is -2.55. The van der Waals surface area contributed by atoms with Crippen LogP contribution in [0.25, 0.3) is 0 Å². The summed E-state index contributed by atoms with van der Waals surface area (Å²) in [6.07, 6.45) is 2.17. The molecule has 3 aliphatic heterocycles. The molecule has 3 aliphatic rings. The fourth-order valence-electron chi connectivity index (χ4n) is 2.44. The van der Waals surface area contributed by atoms with Crippen molar-refractivity contribution in [3.63, 3.8) is 0 Å². The first-order chi connectivity index (χ1) is 6.16. The van der Waals surface area contributed by atoms with Crippen molar-refractivity contribution in [2.45, 2.75) is 38.0 Å². The lowest BCUT2D eigenvalue weighted by molar-refractivity contribution is -0.0528. The maximum atomic E-state index is 9.18. The van der Waals surface area contributed by atoms with E-state index in [0.29, 0.717) is 0 Å². The molecule has 1 N–H and O–H groups in total. The van der Waals surface area contributed by atoms with E-state index >= 15 is 0 Å². The summed E-state index contributed by atoms with van der Waals surface area (Å²) in [6.45, 7) is 5.36. The van der Waals surface area contributed by atoms with Gasteiger partial charge >= 0.3 is 0 Å². The van der Waals surface area contributed by atoms with Crippen LogP contribution in [0.4, 0.5) is 0 Å². The lowest BCUT2D eigenvalue weighted by atomic mass is 9.88. The van der Waals surface area contributed by atoms with Gasteiger partial charge < -0.3 is 10.0 Å². The van der Waals surface area contributed by atoms with E-state index in [4.69, 9.17) is 0 Å². The molecule has 3 atom stereocenters. The van der Waals surface area contributed by atoms with Crippen molar-refractivity contribution < 1.29 is 5.11 Å². The molecule has 3 heteroatoms. The van der Waals surface area contributed by atoms with Crippen molar-refractivity contribution in [1.82, 2.24) is 9.80 Å². The molecule has 3 rings (SSSR count). The third-order valence-corrected chi connectivity index (χ3v) is 3.50. The Kier molecular flexibility index (Phi) is 2.58. The fourth-order valence-corrected chi connectivity index (χ4v) is 2.44. The Morgan fingerprint density at radius 1 is 1.38 bits per heavy atom. The molecule has 0 aromatic carbocycles. The zero-order valence-corrected chi connectivity index (χ0v) is 8.61. The van der Waals surface area contributed by atoms with E-state index in [-0.39, 0.29) is 6.10 Å². The van der Waals surface area contributed by atoms with Crippen molar-refractivity contribution in [2.24, 2.45) is 0 Å². The number of aliphatic hydroxyl groups excluding tert-OH is 1. The summed E-state index contributed by atoms with van der Waals surface area (Å²) in [7, 11) is 2.23. The van der Waals surface area contributed by atoms with Gasteiger partial charge in [-0.15, -0.1) is 0 Å². The van der Waals surface area contributed by atoms with Crippen LogP contribution in [-0.4, -0.2) is 59.8 Å². The average molecular weight is 184 g/mol. The number of fused-ring (bicyclic) bond motifs is 2. The normalized spacial score (nSPS) is 37.2. The van der Waals surface area contributed by atoms with Gasteiger partial charge in [0.25, 0.3) is 0 Å². The summed E-state index contributed by atoms with van der Waals surface area (Å²) >= 11 is 0. The number of likely N-dealkylation sites (N-methyl/N-ethyl adjacent to an activating group) is 1. The third-order valence-electron chi connectivity index (χ3n) is 3.50. The molecule has 3 heterocycles. The Morgan fingerprint density at radius 2 is 2.00 bits per heavy atom. The van der Waals surface area contributed by atoms with Crippen LogP contribution in [0, 0.1) is 0 Å². The number of hydrogen-bond donors (Lipinski definition) is 1. The zero-order chi connectivity index (χ0) is 9.42. The maximum absolute atomic E-state index is 9.18. The zero-order valence-electron chi connectivity index (χ0n) is 8.61. The van der Waals surface area contributed by atoms with Crippen LogP contribution in [-0.2, 0) is 0 Å². The van der Waals surface area contributed by atoms with Gasteiger partial charge in [0.2, 0.25) is 0 Å². The molecule has 0 radical (unpaired) electrons. The Labute approximate surface area is 80.3 Å². The van der Waals surface area contributed by atoms with Crippen LogP contribution >= 0.6 is 0 Å². The van der Waals surface area contributed by atoms with E-state index in [1.165, 1.54) is 19.5 Å². The van der Waals surface area contributed by atoms with Crippen LogP contribution in [0.5, 0.6) is 0 Å². The quantitative estimate of drug-likeness (QED) is 0.676. The third kappa shape index (κ3) is 1.87. The van der Waals surface area contributed by atoms with Crippen LogP contribution in [0.2, 0.25) is 0 Å². The Hall–Kier alpha value is -0.120. The first-order valence-corrected chi connectivity index (χ1v) is 5.29. The van der Waals surface area contributed by atoms with Gasteiger partial charge in [-0.25, -0.2) is 0 Å². The summed E-state index contributed by atoms with van der Waals surface area (Å²) in [5.74, 6) is 0. The summed E-state index contributed by atoms with van der Waals surface area (Å²) in [5, 5.41) is 9.18. The number of piperidine rings is 1. The minimum absolute atomic E-state index is 0.143. The molecule has 0 spiro atoms. The first-order valence-electron chi connectivity index (χ1n) is 5.29. The predicted octanol–water partition coefficient (Wildman–Crippen LogP) is 0.146. The van der Waals surface area contributed by atoms with Crippen molar-refractivity contribution in [2.75, 3.05) is 26.7 Å². The van der Waals surface area contributed by atoms with Crippen LogP contribution in [0.1, 0.15) is 19.8 Å². The first kappa shape index (κ1) is 9.44. The standard InChI is InChI=1S/C10H20N2O/c1-8(13)3-4-12-6-9-5-10(7-12)11(9)2/h8-10,13H,3-7H2,1-2H3. The molecule has 3 saturated heterocycles. The molecule has 0 amide bonds. The highest BCUT2D eigenvalue weighted by Crippen LogP contribution is 2.30. The minimum atomic E-state index is -0.143. The molecule has 0 aromatic heterocycles. The lowest BCUT2D eigenvalue weighted by Crippen LogP contribution is -2.67. The van der Waals surface area contributed by atoms with Crippen molar-refractivity contribution in [3.05, 3.63) is 0 Å². The monoisotopic (exact) mass is 184 g/mol. The summed E-state index contributed by atoms with van der Waals surface area (Å²) in [5.41, 5.74) is 0. The maximum Gasteiger partial charge on any atom is 0.0524 e. The second-order valence-corrected chi connectivity index (χ2v) is 4.61. The van der Waals surface area contributed by atoms with Crippen LogP contribution < -0.4 is 0 Å². The van der Waals surface area contributed by atoms with Crippen molar-refractivity contribution in [1.29, 1.82) is 0 Å². The van der Waals surface area contributed by atoms with Gasteiger partial charge in [-0.1, -0.05) is 0 Å². The van der Waals surface area contributed by atoms with Gasteiger partial charge in [0.15, 0.2) is 0 Å². The van der Waals surface area contributed by atoms with Gasteiger partial charge in [-0.3, -0.25) is 4.90 Å². The fraction of sp³-hybridized carbons (Fsp3) is 1.00. The molecule has 0 aromatic rings. The molecule has 13 heavy (non-hydrogen) atoms. The van der Waals surface area contributed by atoms with Gasteiger partial charge in [0.05, 0.1) is 6.10 Å².